The van der Waals surface area contributed by atoms with Gasteiger partial charge in [-0.1, -0.05) is 0 Å². The van der Waals surface area contributed by atoms with Gasteiger partial charge in [0.15, 0.2) is 5.96 Å². The first-order chi connectivity index (χ1) is 27.0. The molecule has 0 bridgehead atoms. The van der Waals surface area contributed by atoms with E-state index < -0.39 is 102 Å². The van der Waals surface area contributed by atoms with Crippen LogP contribution in [0.4, 0.5) is 0 Å². The number of guanidine groups is 1. The number of aliphatic carboxylic acids is 1. The van der Waals surface area contributed by atoms with Gasteiger partial charge in [-0.05, 0) is 64.2 Å². The van der Waals surface area contributed by atoms with Crippen LogP contribution in [0.5, 0.6) is 0 Å². The van der Waals surface area contributed by atoms with E-state index >= 15 is 0 Å². The van der Waals surface area contributed by atoms with Crippen LogP contribution in [-0.2, 0) is 43.2 Å². The summed E-state index contributed by atoms with van der Waals surface area (Å²) in [5.41, 5.74) is 27.1. The second kappa shape index (κ2) is 21.6. The molecule has 0 aromatic carbocycles. The van der Waals surface area contributed by atoms with E-state index in [0.717, 1.165) is 4.90 Å². The maximum absolute atomic E-state index is 14.2. The van der Waals surface area contributed by atoms with Crippen LogP contribution < -0.4 is 44.6 Å². The molecule has 3 rings (SSSR count). The van der Waals surface area contributed by atoms with Crippen LogP contribution >= 0.6 is 0 Å². The molecule has 3 fully saturated rings. The van der Waals surface area contributed by atoms with E-state index in [9.17, 15) is 53.4 Å². The molecule has 0 radical (unpaired) electrons. The number of hydrogen-bond acceptors (Lipinski definition) is 12. The Morgan fingerprint density at radius 2 is 1.04 bits per heavy atom. The number of carbonyl (C=O) groups is 9. The van der Waals surface area contributed by atoms with E-state index in [-0.39, 0.29) is 89.9 Å². The molecule has 0 saturated carbocycles. The highest BCUT2D eigenvalue weighted by atomic mass is 16.4. The summed E-state index contributed by atoms with van der Waals surface area (Å²) in [4.78, 5) is 124. The third-order valence-corrected chi connectivity index (χ3v) is 10.2. The Labute approximate surface area is 328 Å². The first kappa shape index (κ1) is 45.8. The Morgan fingerprint density at radius 1 is 0.632 bits per heavy atom. The van der Waals surface area contributed by atoms with Crippen molar-refractivity contribution in [1.82, 2.24) is 30.7 Å². The third-order valence-electron chi connectivity index (χ3n) is 10.2. The molecule has 57 heavy (non-hydrogen) atoms. The molecule has 318 valence electrons. The van der Waals surface area contributed by atoms with Crippen molar-refractivity contribution in [2.24, 2.45) is 33.7 Å². The zero-order valence-electron chi connectivity index (χ0n) is 31.8. The predicted octanol–water partition coefficient (Wildman–Crippen LogP) is -5.60. The average molecular weight is 809 g/mol. The summed E-state index contributed by atoms with van der Waals surface area (Å²) < 4.78 is 0. The SMILES string of the molecule is NC(=O)CCC(NC(=O)C1CCCN1C(=O)C(CCCN=C(N)N)NC(=O)C1CCCN1C(=O)C(CCC(N)=O)NC(=O)C(N)CO)C(=O)N1CCCC1C(=O)O. The highest BCUT2D eigenvalue weighted by molar-refractivity contribution is 5.98. The van der Waals surface area contributed by atoms with E-state index in [2.05, 4.69) is 20.9 Å². The van der Waals surface area contributed by atoms with Crippen molar-refractivity contribution in [3.8, 4) is 0 Å². The second-order valence-electron chi connectivity index (χ2n) is 14.3. The zero-order chi connectivity index (χ0) is 42.4. The summed E-state index contributed by atoms with van der Waals surface area (Å²) in [5, 5.41) is 26.7. The normalized spacial score (nSPS) is 21.2. The molecule has 15 N–H and O–H groups in total. The summed E-state index contributed by atoms with van der Waals surface area (Å²) in [5.74, 6) is -7.22. The van der Waals surface area contributed by atoms with Gasteiger partial charge in [-0.3, -0.25) is 43.3 Å². The molecule has 7 unspecified atom stereocenters. The van der Waals surface area contributed by atoms with Gasteiger partial charge >= 0.3 is 5.97 Å². The fourth-order valence-corrected chi connectivity index (χ4v) is 7.24. The molecule has 23 heteroatoms. The van der Waals surface area contributed by atoms with Crippen molar-refractivity contribution in [2.75, 3.05) is 32.8 Å². The standard InChI is InChI=1S/C34H56N12O11/c35-18(17-47)27(50)41-20(9-11-25(36)48)31(54)45-15-3-6-22(45)28(51)42-19(5-1-13-40-34(38)39)30(53)44-14-2-7-23(44)29(52)43-21(10-12-26(37)49)32(55)46-16-4-8-24(46)33(56)57/h18-24,47H,1-17,35H2,(H2,36,48)(H2,37,49)(H,41,50)(H,42,51)(H,43,52)(H,56,57)(H4,38,39,40). The van der Waals surface area contributed by atoms with E-state index in [1.165, 1.54) is 9.80 Å². The van der Waals surface area contributed by atoms with Crippen molar-refractivity contribution >= 4 is 59.2 Å². The van der Waals surface area contributed by atoms with E-state index in [1.807, 2.05) is 0 Å². The summed E-state index contributed by atoms with van der Waals surface area (Å²) >= 11 is 0. The van der Waals surface area contributed by atoms with Gasteiger partial charge in [-0.15, -0.1) is 0 Å². The largest absolute Gasteiger partial charge is 0.480 e. The Morgan fingerprint density at radius 3 is 1.44 bits per heavy atom. The van der Waals surface area contributed by atoms with Crippen molar-refractivity contribution < 1.29 is 53.4 Å². The molecular weight excluding hydrogens is 752 g/mol. The smallest absolute Gasteiger partial charge is 0.326 e. The van der Waals surface area contributed by atoms with E-state index in [4.69, 9.17) is 28.7 Å². The number of aliphatic hydroxyl groups excluding tert-OH is 1. The van der Waals surface area contributed by atoms with Crippen LogP contribution in [0, 0.1) is 0 Å². The molecule has 23 nitrogen and oxygen atoms in total. The number of carboxylic acid groups (broad SMARTS) is 1. The number of carbonyl (C=O) groups excluding carboxylic acids is 8. The van der Waals surface area contributed by atoms with Gasteiger partial charge in [0, 0.05) is 39.0 Å². The molecule has 0 aromatic rings. The monoisotopic (exact) mass is 808 g/mol. The lowest BCUT2D eigenvalue weighted by Crippen LogP contribution is -2.59. The number of primary amides is 2. The summed E-state index contributed by atoms with van der Waals surface area (Å²) in [6, 6.07) is -8.51. The second-order valence-corrected chi connectivity index (χ2v) is 14.3. The van der Waals surface area contributed by atoms with Crippen LogP contribution in [0.1, 0.15) is 77.0 Å². The van der Waals surface area contributed by atoms with Crippen molar-refractivity contribution in [2.45, 2.75) is 119 Å². The fourth-order valence-electron chi connectivity index (χ4n) is 7.24. The maximum atomic E-state index is 14.2. The topological polar surface area (TPSA) is 382 Å². The molecule has 0 aromatic heterocycles. The predicted molar refractivity (Wildman–Crippen MR) is 199 cm³/mol. The number of aliphatic hydroxyl groups is 1. The van der Waals surface area contributed by atoms with Crippen molar-refractivity contribution in [1.29, 1.82) is 0 Å². The Balaban J connectivity index is 1.82. The summed E-state index contributed by atoms with van der Waals surface area (Å²) in [6.07, 6.45) is 1.03. The number of nitrogens with two attached hydrogens (primary N) is 5. The molecule has 8 amide bonds. The van der Waals surface area contributed by atoms with Gasteiger partial charge in [-0.2, -0.15) is 0 Å². The summed E-state index contributed by atoms with van der Waals surface area (Å²) in [7, 11) is 0. The summed E-state index contributed by atoms with van der Waals surface area (Å²) in [6.45, 7) is -0.276. The molecule has 7 atom stereocenters. The highest BCUT2D eigenvalue weighted by Crippen LogP contribution is 2.24. The van der Waals surface area contributed by atoms with Crippen LogP contribution in [0.2, 0.25) is 0 Å². The van der Waals surface area contributed by atoms with Gasteiger partial charge in [0.2, 0.25) is 47.3 Å². The van der Waals surface area contributed by atoms with Gasteiger partial charge in [0.1, 0.15) is 42.3 Å². The lowest BCUT2D eigenvalue weighted by molar-refractivity contribution is -0.150. The molecular formula is C34H56N12O11. The zero-order valence-corrected chi connectivity index (χ0v) is 31.8. The van der Waals surface area contributed by atoms with Crippen molar-refractivity contribution in [3.63, 3.8) is 0 Å². The highest BCUT2D eigenvalue weighted by Gasteiger charge is 2.43. The van der Waals surface area contributed by atoms with Gasteiger partial charge in [-0.25, -0.2) is 4.79 Å². The molecule has 3 saturated heterocycles. The van der Waals surface area contributed by atoms with E-state index in [1.54, 1.807) is 0 Å². The molecule has 3 aliphatic rings. The molecule has 0 spiro atoms. The number of amides is 8. The first-order valence-corrected chi connectivity index (χ1v) is 19.0. The Hall–Kier alpha value is -5.58. The quantitative estimate of drug-likeness (QED) is 0.0294. The van der Waals surface area contributed by atoms with Gasteiger partial charge in [0.25, 0.3) is 0 Å². The molecule has 3 aliphatic heterocycles. The number of likely N-dealkylation sites (tertiary alicyclic amines) is 3. The van der Waals surface area contributed by atoms with Crippen LogP contribution in [0.3, 0.4) is 0 Å². The van der Waals surface area contributed by atoms with Crippen LogP contribution in [0.25, 0.3) is 0 Å². The number of carboxylic acids is 1. The number of nitrogens with zero attached hydrogens (tertiary/aromatic N) is 4. The van der Waals surface area contributed by atoms with Crippen LogP contribution in [0.15, 0.2) is 4.99 Å². The number of nitrogens with one attached hydrogen (secondary N) is 3. The van der Waals surface area contributed by atoms with Crippen molar-refractivity contribution in [3.05, 3.63) is 0 Å². The minimum Gasteiger partial charge on any atom is -0.480 e. The fraction of sp³-hybridized carbons (Fsp3) is 0.706. The van der Waals surface area contributed by atoms with Gasteiger partial charge < -0.3 is 69.5 Å². The molecule has 3 heterocycles. The Bertz CT molecular complexity index is 1560. The van der Waals surface area contributed by atoms with Gasteiger partial charge in [0.05, 0.1) is 6.61 Å². The lowest BCUT2D eigenvalue weighted by atomic mass is 10.1. The number of aliphatic imine (C=N–C) groups is 1. The minimum atomic E-state index is -1.36. The average Bonchev–Trinajstić information content (AvgIpc) is 3.96. The maximum Gasteiger partial charge on any atom is 0.326 e. The lowest BCUT2D eigenvalue weighted by Gasteiger charge is -2.33. The molecule has 0 aliphatic carbocycles. The Kier molecular flexibility index (Phi) is 17.4. The van der Waals surface area contributed by atoms with Crippen LogP contribution in [-0.4, -0.2) is 159 Å². The first-order valence-electron chi connectivity index (χ1n) is 19.0. The number of hydrogen-bond donors (Lipinski definition) is 10. The minimum absolute atomic E-state index is 0.00839. The third kappa shape index (κ3) is 13.0. The van der Waals surface area contributed by atoms with E-state index in [0.29, 0.717) is 19.3 Å². The number of rotatable bonds is 21.